The van der Waals surface area contributed by atoms with Gasteiger partial charge in [0.1, 0.15) is 15.9 Å². The van der Waals surface area contributed by atoms with Crippen LogP contribution in [0, 0.1) is 11.3 Å². The Morgan fingerprint density at radius 1 is 1.43 bits per heavy atom. The van der Waals surface area contributed by atoms with Crippen molar-refractivity contribution in [1.82, 2.24) is 4.90 Å². The Kier molecular flexibility index (Phi) is 6.02. The van der Waals surface area contributed by atoms with Crippen molar-refractivity contribution in [2.24, 2.45) is 0 Å². The number of ether oxygens (including phenoxy) is 1. The van der Waals surface area contributed by atoms with Crippen molar-refractivity contribution in [2.45, 2.75) is 20.0 Å². The molecule has 0 saturated heterocycles. The topological polar surface area (TPSA) is 79.3 Å². The van der Waals surface area contributed by atoms with Crippen LogP contribution in [0.15, 0.2) is 12.1 Å². The molecule has 0 aliphatic carbocycles. The van der Waals surface area contributed by atoms with E-state index < -0.39 is 5.97 Å². The zero-order valence-corrected chi connectivity index (χ0v) is 15.1. The summed E-state index contributed by atoms with van der Waals surface area (Å²) in [7, 11) is 1.91. The Labute approximate surface area is 147 Å². The first-order valence-corrected chi connectivity index (χ1v) is 8.88. The van der Waals surface area contributed by atoms with Gasteiger partial charge in [-0.2, -0.15) is 5.26 Å². The molecule has 0 saturated carbocycles. The van der Waals surface area contributed by atoms with E-state index in [-0.39, 0.29) is 6.61 Å². The highest BCUT2D eigenvalue weighted by atomic mass is 35.5. The van der Waals surface area contributed by atoms with E-state index >= 15 is 0 Å². The number of thiophene rings is 2. The number of carbonyl (C=O) groups is 1. The van der Waals surface area contributed by atoms with Gasteiger partial charge in [-0.15, -0.1) is 22.7 Å². The van der Waals surface area contributed by atoms with E-state index in [0.717, 1.165) is 20.6 Å². The number of hydrogen-bond acceptors (Lipinski definition) is 7. The van der Waals surface area contributed by atoms with Crippen LogP contribution in [0.5, 0.6) is 0 Å². The van der Waals surface area contributed by atoms with Crippen molar-refractivity contribution in [1.29, 1.82) is 5.26 Å². The molecule has 2 aromatic rings. The molecule has 0 unspecified atom stereocenters. The van der Waals surface area contributed by atoms with Crippen molar-refractivity contribution in [3.8, 4) is 6.07 Å². The second-order valence-corrected chi connectivity index (χ2v) is 7.71. The zero-order chi connectivity index (χ0) is 17.0. The van der Waals surface area contributed by atoms with Gasteiger partial charge in [-0.05, 0) is 26.1 Å². The second-order valence-electron chi connectivity index (χ2n) is 4.86. The lowest BCUT2D eigenvalue weighted by Gasteiger charge is -2.16. The minimum atomic E-state index is -0.437. The first-order valence-electron chi connectivity index (χ1n) is 6.87. The molecule has 23 heavy (non-hydrogen) atoms. The van der Waals surface area contributed by atoms with Crippen molar-refractivity contribution in [2.75, 3.05) is 19.4 Å². The molecule has 0 amide bonds. The summed E-state index contributed by atoms with van der Waals surface area (Å²) < 4.78 is 5.79. The molecule has 0 aromatic carbocycles. The molecule has 0 fully saturated rings. The van der Waals surface area contributed by atoms with Gasteiger partial charge in [0, 0.05) is 23.5 Å². The minimum Gasteiger partial charge on any atom is -0.462 e. The molecule has 122 valence electrons. The summed E-state index contributed by atoms with van der Waals surface area (Å²) in [4.78, 5) is 15.6. The average Bonchev–Trinajstić information content (AvgIpc) is 3.02. The highest BCUT2D eigenvalue weighted by Crippen LogP contribution is 2.32. The van der Waals surface area contributed by atoms with Gasteiger partial charge in [0.15, 0.2) is 0 Å². The van der Waals surface area contributed by atoms with Crippen LogP contribution >= 0.6 is 34.3 Å². The fourth-order valence-corrected chi connectivity index (χ4v) is 4.24. The van der Waals surface area contributed by atoms with Crippen LogP contribution in [-0.4, -0.2) is 24.5 Å². The van der Waals surface area contributed by atoms with Gasteiger partial charge < -0.3 is 10.5 Å². The van der Waals surface area contributed by atoms with Gasteiger partial charge in [0.25, 0.3) is 0 Å². The number of rotatable bonds is 6. The minimum absolute atomic E-state index is 0.279. The third-order valence-electron chi connectivity index (χ3n) is 3.09. The Balaban J connectivity index is 2.23. The number of nitriles is 1. The SMILES string of the molecule is CCOC(=O)c1sc(N)c(C#N)c1CN(C)Cc1ccc(Cl)s1. The Morgan fingerprint density at radius 3 is 2.74 bits per heavy atom. The molecule has 0 aliphatic rings. The molecule has 8 heteroatoms. The van der Waals surface area contributed by atoms with Crippen molar-refractivity contribution in [3.05, 3.63) is 37.4 Å². The highest BCUT2D eigenvalue weighted by molar-refractivity contribution is 7.18. The van der Waals surface area contributed by atoms with Gasteiger partial charge in [-0.25, -0.2) is 4.79 Å². The molecule has 2 rings (SSSR count). The second kappa shape index (κ2) is 7.79. The van der Waals surface area contributed by atoms with Crippen molar-refractivity contribution >= 4 is 45.2 Å². The summed E-state index contributed by atoms with van der Waals surface area (Å²) in [6, 6.07) is 5.90. The van der Waals surface area contributed by atoms with E-state index in [1.807, 2.05) is 24.1 Å². The lowest BCUT2D eigenvalue weighted by molar-refractivity contribution is 0.0530. The lowest BCUT2D eigenvalue weighted by Crippen LogP contribution is -2.19. The Morgan fingerprint density at radius 2 is 2.17 bits per heavy atom. The van der Waals surface area contributed by atoms with Crippen LogP contribution in [0.3, 0.4) is 0 Å². The van der Waals surface area contributed by atoms with Crippen LogP contribution in [0.1, 0.15) is 32.6 Å². The molecule has 0 spiro atoms. The van der Waals surface area contributed by atoms with Crippen molar-refractivity contribution < 1.29 is 9.53 Å². The smallest absolute Gasteiger partial charge is 0.348 e. The molecule has 2 N–H and O–H groups in total. The number of hydrogen-bond donors (Lipinski definition) is 1. The zero-order valence-electron chi connectivity index (χ0n) is 12.8. The average molecular weight is 370 g/mol. The number of nitrogens with two attached hydrogens (primary N) is 1. The standard InChI is InChI=1S/C15H16ClN3O2S2/c1-3-21-15(20)13-11(10(6-17)14(18)23-13)8-19(2)7-9-4-5-12(16)22-9/h4-5H,3,7-8,18H2,1-2H3. The Bertz CT molecular complexity index is 748. The van der Waals surface area contributed by atoms with Crippen LogP contribution in [-0.2, 0) is 17.8 Å². The predicted octanol–water partition coefficient (Wildman–Crippen LogP) is 3.73. The van der Waals surface area contributed by atoms with Crippen molar-refractivity contribution in [3.63, 3.8) is 0 Å². The van der Waals surface area contributed by atoms with E-state index in [1.54, 1.807) is 6.92 Å². The van der Waals surface area contributed by atoms with E-state index in [0.29, 0.717) is 34.1 Å². The number of esters is 1. The largest absolute Gasteiger partial charge is 0.462 e. The van der Waals surface area contributed by atoms with Crippen LogP contribution in [0.2, 0.25) is 4.34 Å². The lowest BCUT2D eigenvalue weighted by atomic mass is 10.1. The fourth-order valence-electron chi connectivity index (χ4n) is 2.15. The van der Waals surface area contributed by atoms with Gasteiger partial charge in [-0.3, -0.25) is 4.90 Å². The summed E-state index contributed by atoms with van der Waals surface area (Å²) in [6.45, 7) is 3.12. The predicted molar refractivity (Wildman–Crippen MR) is 93.9 cm³/mol. The molecule has 5 nitrogen and oxygen atoms in total. The fraction of sp³-hybridized carbons (Fsp3) is 0.333. The van der Waals surface area contributed by atoms with Crippen LogP contribution < -0.4 is 5.73 Å². The molecule has 2 heterocycles. The molecule has 2 aromatic heterocycles. The van der Waals surface area contributed by atoms with E-state index in [9.17, 15) is 10.1 Å². The first-order chi connectivity index (χ1) is 11.0. The Hall–Kier alpha value is -1.59. The maximum atomic E-state index is 12.1. The third kappa shape index (κ3) is 4.24. The quantitative estimate of drug-likeness (QED) is 0.785. The third-order valence-corrected chi connectivity index (χ3v) is 5.35. The number of nitrogens with zero attached hydrogens (tertiary/aromatic N) is 2. The number of nitrogen functional groups attached to an aromatic ring is 1. The summed E-state index contributed by atoms with van der Waals surface area (Å²) >= 11 is 8.54. The molecule has 0 bridgehead atoms. The number of halogens is 1. The molecule has 0 aliphatic heterocycles. The molecular formula is C15H16ClN3O2S2. The van der Waals surface area contributed by atoms with E-state index in [4.69, 9.17) is 22.1 Å². The number of carbonyl (C=O) groups excluding carboxylic acids is 1. The van der Waals surface area contributed by atoms with E-state index in [1.165, 1.54) is 11.3 Å². The highest BCUT2D eigenvalue weighted by Gasteiger charge is 2.23. The first kappa shape index (κ1) is 17.8. The van der Waals surface area contributed by atoms with Gasteiger partial charge in [0.05, 0.1) is 16.5 Å². The van der Waals surface area contributed by atoms with Gasteiger partial charge >= 0.3 is 5.97 Å². The maximum Gasteiger partial charge on any atom is 0.348 e. The normalized spacial score (nSPS) is 10.7. The number of anilines is 1. The molecule has 0 radical (unpaired) electrons. The van der Waals surface area contributed by atoms with Gasteiger partial charge in [-0.1, -0.05) is 11.6 Å². The summed E-state index contributed by atoms with van der Waals surface area (Å²) in [5, 5.41) is 9.67. The summed E-state index contributed by atoms with van der Waals surface area (Å²) in [5.74, 6) is -0.437. The van der Waals surface area contributed by atoms with Gasteiger partial charge in [0.2, 0.25) is 0 Å². The van der Waals surface area contributed by atoms with Crippen LogP contribution in [0.25, 0.3) is 0 Å². The molecule has 0 atom stereocenters. The van der Waals surface area contributed by atoms with E-state index in [2.05, 4.69) is 6.07 Å². The monoisotopic (exact) mass is 369 g/mol. The van der Waals surface area contributed by atoms with Crippen LogP contribution in [0.4, 0.5) is 5.00 Å². The maximum absolute atomic E-state index is 12.1. The summed E-state index contributed by atoms with van der Waals surface area (Å²) in [5.41, 5.74) is 6.85. The summed E-state index contributed by atoms with van der Waals surface area (Å²) in [6.07, 6.45) is 0. The molecular weight excluding hydrogens is 354 g/mol.